The van der Waals surface area contributed by atoms with Crippen molar-refractivity contribution in [3.05, 3.63) is 67.2 Å². The van der Waals surface area contributed by atoms with Crippen LogP contribution in [-0.2, 0) is 13.1 Å². The Hall–Kier alpha value is -3.00. The third-order valence-electron chi connectivity index (χ3n) is 5.31. The Bertz CT molecular complexity index is 1390. The van der Waals surface area contributed by atoms with Crippen molar-refractivity contribution in [2.75, 3.05) is 0 Å². The highest BCUT2D eigenvalue weighted by Crippen LogP contribution is 2.18. The second kappa shape index (κ2) is 7.68. The Morgan fingerprint density at radius 2 is 1.93 bits per heavy atom. The van der Waals surface area contributed by atoms with Gasteiger partial charge in [0.2, 0.25) is 5.78 Å². The summed E-state index contributed by atoms with van der Waals surface area (Å²) in [4.78, 5) is 39.1. The van der Waals surface area contributed by atoms with E-state index < -0.39 is 5.69 Å². The number of rotatable bonds is 6. The van der Waals surface area contributed by atoms with Crippen LogP contribution in [0.1, 0.15) is 41.8 Å². The lowest BCUT2D eigenvalue weighted by Crippen LogP contribution is -2.27. The first-order chi connectivity index (χ1) is 14.3. The van der Waals surface area contributed by atoms with E-state index >= 15 is 0 Å². The van der Waals surface area contributed by atoms with E-state index in [1.165, 1.54) is 20.4 Å². The number of carbonyl (C=O) groups excluding carboxylic acids is 1. The maximum absolute atomic E-state index is 13.2. The number of carbonyl (C=O) groups is 1. The van der Waals surface area contributed by atoms with Crippen LogP contribution in [0.25, 0.3) is 16.0 Å². The quantitative estimate of drug-likeness (QED) is 0.444. The van der Waals surface area contributed by atoms with Crippen LogP contribution in [0.5, 0.6) is 0 Å². The third-order valence-corrected chi connectivity index (χ3v) is 6.20. The summed E-state index contributed by atoms with van der Waals surface area (Å²) in [6.45, 7) is 8.26. The van der Waals surface area contributed by atoms with Crippen LogP contribution in [0.3, 0.4) is 0 Å². The number of ketones is 1. The minimum absolute atomic E-state index is 0.147. The Labute approximate surface area is 177 Å². The van der Waals surface area contributed by atoms with Gasteiger partial charge in [0, 0.05) is 12.1 Å². The number of hydrogen-bond acceptors (Lipinski definition) is 5. The van der Waals surface area contributed by atoms with Crippen LogP contribution < -0.4 is 11.2 Å². The van der Waals surface area contributed by atoms with Crippen molar-refractivity contribution in [3.63, 3.8) is 0 Å². The van der Waals surface area contributed by atoms with Crippen LogP contribution >= 0.6 is 11.3 Å². The molecule has 0 fully saturated rings. The van der Waals surface area contributed by atoms with Gasteiger partial charge in [-0.2, -0.15) is 0 Å². The van der Waals surface area contributed by atoms with Crippen molar-refractivity contribution >= 4 is 33.1 Å². The number of benzene rings is 1. The summed E-state index contributed by atoms with van der Waals surface area (Å²) in [6, 6.07) is 7.42. The molecule has 0 aliphatic rings. The zero-order chi connectivity index (χ0) is 21.6. The molecule has 0 aliphatic carbocycles. The summed E-state index contributed by atoms with van der Waals surface area (Å²) in [7, 11) is 0. The van der Waals surface area contributed by atoms with Gasteiger partial charge in [0.05, 0.1) is 5.52 Å². The molecular weight excluding hydrogens is 400 g/mol. The standard InChI is InChI=1S/C22H24N4O3S/c1-13(2)7-9-24-20(28)19-17(8-10-30-19)26-21(24)23-25(22(26)29)12-18(27)16-11-14(3)5-6-15(16)4/h5-6,8,10-11,13H,7,9,12H2,1-4H3. The second-order valence-electron chi connectivity index (χ2n) is 8.09. The zero-order valence-electron chi connectivity index (χ0n) is 17.5. The average Bonchev–Trinajstić information content (AvgIpc) is 3.29. The molecule has 0 N–H and O–H groups in total. The van der Waals surface area contributed by atoms with Crippen LogP contribution in [-0.4, -0.2) is 24.5 Å². The molecule has 7 nitrogen and oxygen atoms in total. The van der Waals surface area contributed by atoms with E-state index in [0.717, 1.165) is 17.5 Å². The first-order valence-corrected chi connectivity index (χ1v) is 10.9. The van der Waals surface area contributed by atoms with Crippen LogP contribution in [0.2, 0.25) is 0 Å². The molecule has 4 rings (SSSR count). The van der Waals surface area contributed by atoms with E-state index in [2.05, 4.69) is 18.9 Å². The van der Waals surface area contributed by atoms with E-state index in [4.69, 9.17) is 0 Å². The maximum Gasteiger partial charge on any atom is 0.352 e. The number of aromatic nitrogens is 4. The van der Waals surface area contributed by atoms with Gasteiger partial charge in [-0.05, 0) is 49.3 Å². The van der Waals surface area contributed by atoms with Gasteiger partial charge in [-0.1, -0.05) is 31.5 Å². The number of Topliss-reactive ketones (excluding diaryl/α,β-unsaturated/α-hetero) is 1. The van der Waals surface area contributed by atoms with Gasteiger partial charge in [0.1, 0.15) is 11.2 Å². The van der Waals surface area contributed by atoms with Gasteiger partial charge in [-0.25, -0.2) is 13.9 Å². The molecule has 0 amide bonds. The Kier molecular flexibility index (Phi) is 5.19. The number of hydrogen-bond donors (Lipinski definition) is 0. The molecule has 0 unspecified atom stereocenters. The Morgan fingerprint density at radius 1 is 1.17 bits per heavy atom. The highest BCUT2D eigenvalue weighted by molar-refractivity contribution is 7.17. The fourth-order valence-electron chi connectivity index (χ4n) is 3.58. The molecule has 8 heteroatoms. The first kappa shape index (κ1) is 20.3. The zero-order valence-corrected chi connectivity index (χ0v) is 18.3. The highest BCUT2D eigenvalue weighted by Gasteiger charge is 2.20. The topological polar surface area (TPSA) is 78.4 Å². The number of nitrogens with zero attached hydrogens (tertiary/aromatic N) is 4. The number of fused-ring (bicyclic) bond motifs is 3. The van der Waals surface area contributed by atoms with Crippen molar-refractivity contribution in [1.29, 1.82) is 0 Å². The number of aryl methyl sites for hydroxylation is 3. The smallest absolute Gasteiger partial charge is 0.292 e. The van der Waals surface area contributed by atoms with Crippen molar-refractivity contribution in [2.45, 2.75) is 47.2 Å². The van der Waals surface area contributed by atoms with Crippen LogP contribution in [0.4, 0.5) is 0 Å². The van der Waals surface area contributed by atoms with Gasteiger partial charge in [-0.15, -0.1) is 16.4 Å². The molecule has 0 saturated heterocycles. The molecule has 0 atom stereocenters. The maximum atomic E-state index is 13.2. The lowest BCUT2D eigenvalue weighted by molar-refractivity contribution is 0.0965. The third kappa shape index (κ3) is 3.41. The van der Waals surface area contributed by atoms with E-state index in [1.54, 1.807) is 16.0 Å². The Balaban J connectivity index is 1.86. The Morgan fingerprint density at radius 3 is 2.67 bits per heavy atom. The molecular formula is C22H24N4O3S. The molecule has 1 aromatic carbocycles. The predicted octanol–water partition coefficient (Wildman–Crippen LogP) is 3.42. The van der Waals surface area contributed by atoms with Crippen molar-refractivity contribution in [3.8, 4) is 0 Å². The summed E-state index contributed by atoms with van der Waals surface area (Å²) >= 11 is 1.31. The molecule has 156 valence electrons. The predicted molar refractivity (Wildman–Crippen MR) is 119 cm³/mol. The average molecular weight is 425 g/mol. The monoisotopic (exact) mass is 424 g/mol. The van der Waals surface area contributed by atoms with Crippen molar-refractivity contribution in [2.24, 2.45) is 5.92 Å². The molecule has 0 spiro atoms. The highest BCUT2D eigenvalue weighted by atomic mass is 32.1. The summed E-state index contributed by atoms with van der Waals surface area (Å²) in [5.74, 6) is 0.500. The van der Waals surface area contributed by atoms with Gasteiger partial charge in [-0.3, -0.25) is 14.2 Å². The molecule has 4 aromatic rings. The van der Waals surface area contributed by atoms with Crippen LogP contribution in [0, 0.1) is 19.8 Å². The summed E-state index contributed by atoms with van der Waals surface area (Å²) < 4.78 is 4.69. The van der Waals surface area contributed by atoms with Gasteiger partial charge in [0.15, 0.2) is 5.78 Å². The lowest BCUT2D eigenvalue weighted by Gasteiger charge is -2.09. The molecule has 0 saturated carbocycles. The molecule has 0 aliphatic heterocycles. The van der Waals surface area contributed by atoms with Gasteiger partial charge >= 0.3 is 5.69 Å². The minimum Gasteiger partial charge on any atom is -0.292 e. The van der Waals surface area contributed by atoms with Gasteiger partial charge < -0.3 is 0 Å². The van der Waals surface area contributed by atoms with E-state index in [9.17, 15) is 14.4 Å². The van der Waals surface area contributed by atoms with E-state index in [0.29, 0.717) is 28.2 Å². The SMILES string of the molecule is Cc1ccc(C)c(C(=O)Cn2nc3n(CCC(C)C)c(=O)c4sccc4n3c2=O)c1. The fourth-order valence-corrected chi connectivity index (χ4v) is 4.41. The second-order valence-corrected chi connectivity index (χ2v) is 9.01. The van der Waals surface area contributed by atoms with E-state index in [1.807, 2.05) is 32.0 Å². The normalized spacial score (nSPS) is 11.8. The first-order valence-electron chi connectivity index (χ1n) is 9.98. The largest absolute Gasteiger partial charge is 0.352 e. The molecule has 3 heterocycles. The molecule has 30 heavy (non-hydrogen) atoms. The molecule has 0 bridgehead atoms. The van der Waals surface area contributed by atoms with Crippen molar-refractivity contribution < 1.29 is 4.79 Å². The lowest BCUT2D eigenvalue weighted by atomic mass is 10.0. The number of thiophene rings is 1. The summed E-state index contributed by atoms with van der Waals surface area (Å²) in [6.07, 6.45) is 0.787. The molecule has 0 radical (unpaired) electrons. The fraction of sp³-hybridized carbons (Fsp3) is 0.364. The van der Waals surface area contributed by atoms with Gasteiger partial charge in [0.25, 0.3) is 5.56 Å². The summed E-state index contributed by atoms with van der Waals surface area (Å²) in [5, 5.41) is 6.21. The van der Waals surface area contributed by atoms with Crippen LogP contribution in [0.15, 0.2) is 39.2 Å². The van der Waals surface area contributed by atoms with E-state index in [-0.39, 0.29) is 23.7 Å². The van der Waals surface area contributed by atoms with Crippen molar-refractivity contribution in [1.82, 2.24) is 18.7 Å². The minimum atomic E-state index is -0.412. The summed E-state index contributed by atoms with van der Waals surface area (Å²) in [5.41, 5.74) is 2.40. The molecule has 3 aromatic heterocycles.